The van der Waals surface area contributed by atoms with E-state index in [2.05, 4.69) is 30.3 Å². The zero-order valence-corrected chi connectivity index (χ0v) is 29.2. The normalized spacial score (nSPS) is 12.1. The van der Waals surface area contributed by atoms with Crippen LogP contribution in [-0.2, 0) is 0 Å². The van der Waals surface area contributed by atoms with Crippen molar-refractivity contribution >= 4 is 34.6 Å². The van der Waals surface area contributed by atoms with Crippen molar-refractivity contribution in [1.82, 2.24) is 9.55 Å². The number of fused-ring (bicyclic) bond motifs is 1. The summed E-state index contributed by atoms with van der Waals surface area (Å²) >= 11 is 0. The van der Waals surface area contributed by atoms with Gasteiger partial charge in [0.25, 0.3) is 0 Å². The molecule has 8 heteroatoms. The minimum atomic E-state index is -2.21. The van der Waals surface area contributed by atoms with E-state index in [0.29, 0.717) is 33.9 Å². The van der Waals surface area contributed by atoms with Crippen LogP contribution in [0.15, 0.2) is 158 Å². The third-order valence-corrected chi connectivity index (χ3v) is 11.9. The molecule has 260 valence electrons. The molecule has 0 saturated carbocycles. The summed E-state index contributed by atoms with van der Waals surface area (Å²) in [6.07, 6.45) is 0. The molecular formula is C45H30F5N2P. The van der Waals surface area contributed by atoms with Crippen LogP contribution in [0.25, 0.3) is 44.7 Å². The maximum Gasteiger partial charge on any atom is 0.200 e. The average molecular weight is 725 g/mol. The van der Waals surface area contributed by atoms with Gasteiger partial charge < -0.3 is 4.57 Å². The van der Waals surface area contributed by atoms with Gasteiger partial charge >= 0.3 is 0 Å². The molecule has 8 aromatic rings. The molecule has 1 heterocycles. The third-order valence-electron chi connectivity index (χ3n) is 9.45. The number of rotatable bonds is 8. The summed E-state index contributed by atoms with van der Waals surface area (Å²) in [5.74, 6) is -9.65. The molecule has 0 amide bonds. The van der Waals surface area contributed by atoms with Gasteiger partial charge in [-0.3, -0.25) is 0 Å². The van der Waals surface area contributed by atoms with Crippen LogP contribution in [0.4, 0.5) is 22.0 Å². The minimum absolute atomic E-state index is 0.324. The van der Waals surface area contributed by atoms with Crippen LogP contribution >= 0.6 is 7.92 Å². The fourth-order valence-electron chi connectivity index (χ4n) is 7.04. The molecule has 53 heavy (non-hydrogen) atoms. The van der Waals surface area contributed by atoms with Gasteiger partial charge in [0.1, 0.15) is 5.82 Å². The molecule has 2 nitrogen and oxygen atoms in total. The van der Waals surface area contributed by atoms with Crippen LogP contribution in [0.2, 0.25) is 0 Å². The highest BCUT2D eigenvalue weighted by Gasteiger charge is 2.35. The van der Waals surface area contributed by atoms with E-state index in [9.17, 15) is 13.2 Å². The van der Waals surface area contributed by atoms with Crippen molar-refractivity contribution in [2.24, 2.45) is 0 Å². The van der Waals surface area contributed by atoms with Crippen molar-refractivity contribution in [3.8, 4) is 33.9 Å². The first-order valence-electron chi connectivity index (χ1n) is 17.0. The monoisotopic (exact) mass is 724 g/mol. The van der Waals surface area contributed by atoms with Gasteiger partial charge in [-0.1, -0.05) is 158 Å². The van der Waals surface area contributed by atoms with Gasteiger partial charge in [-0.25, -0.2) is 26.9 Å². The maximum atomic E-state index is 15.9. The summed E-state index contributed by atoms with van der Waals surface area (Å²) in [4.78, 5) is 5.34. The Kier molecular flexibility index (Phi) is 9.19. The molecule has 7 aromatic carbocycles. The molecule has 0 spiro atoms. The number of hydrogen-bond acceptors (Lipinski definition) is 1. The van der Waals surface area contributed by atoms with E-state index in [1.54, 1.807) is 4.57 Å². The molecule has 1 unspecified atom stereocenters. The van der Waals surface area contributed by atoms with Gasteiger partial charge in [0.05, 0.1) is 23.0 Å². The van der Waals surface area contributed by atoms with Crippen LogP contribution in [0.5, 0.6) is 0 Å². The predicted octanol–water partition coefficient (Wildman–Crippen LogP) is 11.1. The fraction of sp³-hybridized carbons (Fsp3) is 0.0444. The number of halogens is 5. The van der Waals surface area contributed by atoms with E-state index in [4.69, 9.17) is 4.98 Å². The number of hydrogen-bond donors (Lipinski definition) is 0. The average Bonchev–Trinajstić information content (AvgIpc) is 3.61. The molecule has 0 N–H and O–H groups in total. The van der Waals surface area contributed by atoms with Crippen LogP contribution in [0.3, 0.4) is 0 Å². The summed E-state index contributed by atoms with van der Waals surface area (Å²) in [7, 11) is -1.26. The number of benzene rings is 7. The molecule has 0 saturated heterocycles. The lowest BCUT2D eigenvalue weighted by Gasteiger charge is -2.26. The second kappa shape index (κ2) is 14.3. The van der Waals surface area contributed by atoms with Crippen molar-refractivity contribution < 1.29 is 22.0 Å². The highest BCUT2D eigenvalue weighted by molar-refractivity contribution is 7.80. The molecule has 0 aliphatic heterocycles. The summed E-state index contributed by atoms with van der Waals surface area (Å²) in [5.41, 5.74) is 2.06. The van der Waals surface area contributed by atoms with Gasteiger partial charge in [-0.05, 0) is 41.5 Å². The first kappa shape index (κ1) is 34.2. The van der Waals surface area contributed by atoms with Crippen LogP contribution in [0, 0.1) is 29.1 Å². The molecule has 0 radical (unpaired) electrons. The zero-order chi connectivity index (χ0) is 36.6. The van der Waals surface area contributed by atoms with Gasteiger partial charge in [0.15, 0.2) is 23.3 Å². The minimum Gasteiger partial charge on any atom is -0.316 e. The molecule has 0 bridgehead atoms. The van der Waals surface area contributed by atoms with Crippen LogP contribution in [0.1, 0.15) is 18.5 Å². The second-order valence-corrected chi connectivity index (χ2v) is 14.8. The standard InChI is InChI=1S/C45H30F5N2P/c1-28(36-38(46)40(48)42(50)41(49)39(36)47)52-44(31-19-8-3-9-20-31)43(30-17-6-2-7-18-30)51-45(52)37-34-25-15-14-16-29(34)26-27-35(37)53(32-21-10-4-11-22-32)33-23-12-5-13-24-33/h2-28H,1H3. The van der Waals surface area contributed by atoms with Gasteiger partial charge in [0.2, 0.25) is 5.82 Å². The Morgan fingerprint density at radius 1 is 0.509 bits per heavy atom. The van der Waals surface area contributed by atoms with E-state index in [1.165, 1.54) is 6.92 Å². The third kappa shape index (κ3) is 6.01. The van der Waals surface area contributed by atoms with Crippen molar-refractivity contribution in [3.63, 3.8) is 0 Å². The van der Waals surface area contributed by atoms with E-state index in [1.807, 2.05) is 127 Å². The first-order chi connectivity index (χ1) is 25.8. The Balaban J connectivity index is 1.55. The van der Waals surface area contributed by atoms with Crippen molar-refractivity contribution in [3.05, 3.63) is 192 Å². The lowest BCUT2D eigenvalue weighted by molar-refractivity contribution is 0.361. The first-order valence-corrected chi connectivity index (χ1v) is 18.4. The molecular weight excluding hydrogens is 694 g/mol. The fourth-order valence-corrected chi connectivity index (χ4v) is 9.50. The van der Waals surface area contributed by atoms with Crippen molar-refractivity contribution in [2.45, 2.75) is 13.0 Å². The van der Waals surface area contributed by atoms with Crippen molar-refractivity contribution in [1.29, 1.82) is 0 Å². The molecule has 0 aliphatic rings. The smallest absolute Gasteiger partial charge is 0.200 e. The Labute approximate surface area is 304 Å². The predicted molar refractivity (Wildman–Crippen MR) is 205 cm³/mol. The van der Waals surface area contributed by atoms with Gasteiger partial charge in [-0.2, -0.15) is 0 Å². The lowest BCUT2D eigenvalue weighted by Crippen LogP contribution is -2.24. The Morgan fingerprint density at radius 2 is 0.981 bits per heavy atom. The molecule has 1 atom stereocenters. The summed E-state index contributed by atoms with van der Waals surface area (Å²) < 4.78 is 77.8. The molecule has 1 aromatic heterocycles. The van der Waals surface area contributed by atoms with E-state index >= 15 is 8.78 Å². The number of nitrogens with zero attached hydrogens (tertiary/aromatic N) is 2. The van der Waals surface area contributed by atoms with Gasteiger partial charge in [0, 0.05) is 16.7 Å². The number of aromatic nitrogens is 2. The van der Waals surface area contributed by atoms with Crippen LogP contribution in [-0.4, -0.2) is 9.55 Å². The highest BCUT2D eigenvalue weighted by Crippen LogP contribution is 2.46. The van der Waals surface area contributed by atoms with Crippen LogP contribution < -0.4 is 15.9 Å². The maximum absolute atomic E-state index is 15.9. The molecule has 8 rings (SSSR count). The number of imidazole rings is 1. The largest absolute Gasteiger partial charge is 0.316 e. The molecule has 0 fully saturated rings. The van der Waals surface area contributed by atoms with Crippen molar-refractivity contribution in [2.75, 3.05) is 0 Å². The summed E-state index contributed by atoms with van der Waals surface area (Å²) in [6.45, 7) is 1.45. The second-order valence-electron chi connectivity index (χ2n) is 12.6. The van der Waals surface area contributed by atoms with E-state index in [0.717, 1.165) is 26.7 Å². The van der Waals surface area contributed by atoms with E-state index in [-0.39, 0.29) is 0 Å². The Hall–Kier alpha value is -5.91. The lowest BCUT2D eigenvalue weighted by atomic mass is 10.0. The summed E-state index contributed by atoms with van der Waals surface area (Å²) in [5, 5.41) is 4.74. The zero-order valence-electron chi connectivity index (χ0n) is 28.3. The SMILES string of the molecule is CC(c1c(F)c(F)c(F)c(F)c1F)n1c(-c2c(P(c3ccccc3)c3ccccc3)ccc3ccccc23)nc(-c2ccccc2)c1-c1ccccc1. The quantitative estimate of drug-likeness (QED) is 0.0660. The highest BCUT2D eigenvalue weighted by atomic mass is 31.1. The Bertz CT molecular complexity index is 2510. The van der Waals surface area contributed by atoms with Gasteiger partial charge in [-0.15, -0.1) is 0 Å². The molecule has 0 aliphatic carbocycles. The topological polar surface area (TPSA) is 17.8 Å². The van der Waals surface area contributed by atoms with E-state index < -0.39 is 48.6 Å². The Morgan fingerprint density at radius 3 is 1.55 bits per heavy atom. The summed E-state index contributed by atoms with van der Waals surface area (Å²) in [6, 6.07) is 49.2.